The predicted octanol–water partition coefficient (Wildman–Crippen LogP) is 10.1. The van der Waals surface area contributed by atoms with Crippen molar-refractivity contribution in [3.05, 3.63) is 70.1 Å². The fourth-order valence-electron chi connectivity index (χ4n) is 6.70. The average molecular weight is 597 g/mol. The second-order valence-corrected chi connectivity index (χ2v) is 13.9. The molecule has 0 N–H and O–H groups in total. The van der Waals surface area contributed by atoms with Crippen molar-refractivity contribution in [2.75, 3.05) is 22.9 Å². The van der Waals surface area contributed by atoms with Gasteiger partial charge in [0.2, 0.25) is 0 Å². The molecule has 0 spiro atoms. The molecule has 0 saturated heterocycles. The van der Waals surface area contributed by atoms with Crippen LogP contribution in [0.3, 0.4) is 0 Å². The number of carbonyl (C=O) groups excluding carboxylic acids is 2. The summed E-state index contributed by atoms with van der Waals surface area (Å²) in [6, 6.07) is 17.0. The number of aryl methyl sites for hydroxylation is 2. The van der Waals surface area contributed by atoms with Crippen LogP contribution in [0.4, 0.5) is 11.4 Å². The highest BCUT2D eigenvalue weighted by atomic mass is 32.1. The highest BCUT2D eigenvalue weighted by molar-refractivity contribution is 7.15. The first-order valence-electron chi connectivity index (χ1n) is 16.5. The van der Waals surface area contributed by atoms with E-state index >= 15 is 0 Å². The third-order valence-electron chi connectivity index (χ3n) is 9.43. The Balaban J connectivity index is 1.64. The maximum Gasteiger partial charge on any atom is 0.259 e. The summed E-state index contributed by atoms with van der Waals surface area (Å²) in [5, 5.41) is 0. The number of hydrogen-bond acceptors (Lipinski definition) is 3. The van der Waals surface area contributed by atoms with Gasteiger partial charge < -0.3 is 9.80 Å². The van der Waals surface area contributed by atoms with Gasteiger partial charge in [0.15, 0.2) is 0 Å². The van der Waals surface area contributed by atoms with E-state index in [-0.39, 0.29) is 11.8 Å². The SMILES string of the molecule is CCCCC(CC)CN1C(=O)/C(=C2/C(=O)N(CC(CC)CCCC)c3cc(-c4ccc(C)s4)ccc32)c2ccc(C)cc21. The number of thiophene rings is 1. The lowest BCUT2D eigenvalue weighted by Gasteiger charge is -2.24. The molecule has 228 valence electrons. The van der Waals surface area contributed by atoms with Crippen LogP contribution < -0.4 is 9.80 Å². The first-order valence-corrected chi connectivity index (χ1v) is 17.3. The van der Waals surface area contributed by atoms with Gasteiger partial charge in [0.1, 0.15) is 0 Å². The third-order valence-corrected chi connectivity index (χ3v) is 10.5. The number of benzene rings is 2. The quantitative estimate of drug-likeness (QED) is 0.184. The third kappa shape index (κ3) is 6.24. The van der Waals surface area contributed by atoms with Gasteiger partial charge in [0.25, 0.3) is 11.8 Å². The first kappa shape index (κ1) is 31.3. The molecular formula is C38H48N2O2S. The van der Waals surface area contributed by atoms with Crippen LogP contribution in [0.5, 0.6) is 0 Å². The van der Waals surface area contributed by atoms with Crippen LogP contribution in [0, 0.1) is 25.7 Å². The van der Waals surface area contributed by atoms with E-state index in [0.717, 1.165) is 78.6 Å². The minimum absolute atomic E-state index is 0.0253. The van der Waals surface area contributed by atoms with Crippen LogP contribution in [0.1, 0.15) is 101 Å². The minimum atomic E-state index is -0.0285. The highest BCUT2D eigenvalue weighted by Crippen LogP contribution is 2.48. The molecule has 3 aromatic rings. The Kier molecular flexibility index (Phi) is 9.91. The maximum atomic E-state index is 14.6. The van der Waals surface area contributed by atoms with Crippen molar-refractivity contribution in [1.29, 1.82) is 0 Å². The largest absolute Gasteiger partial charge is 0.307 e. The molecule has 2 aromatic carbocycles. The Labute approximate surface area is 262 Å². The van der Waals surface area contributed by atoms with Crippen LogP contribution in [0.15, 0.2) is 48.5 Å². The molecule has 0 radical (unpaired) electrons. The van der Waals surface area contributed by atoms with Crippen LogP contribution in [-0.2, 0) is 9.59 Å². The molecule has 0 fully saturated rings. The second-order valence-electron chi connectivity index (χ2n) is 12.6. The molecule has 4 nitrogen and oxygen atoms in total. The van der Waals surface area contributed by atoms with Gasteiger partial charge in [0, 0.05) is 34.0 Å². The number of fused-ring (bicyclic) bond motifs is 2. The molecule has 5 heteroatoms. The van der Waals surface area contributed by atoms with E-state index in [2.05, 4.69) is 90.1 Å². The summed E-state index contributed by atoms with van der Waals surface area (Å²) in [6.45, 7) is 14.5. The van der Waals surface area contributed by atoms with Gasteiger partial charge >= 0.3 is 0 Å². The van der Waals surface area contributed by atoms with E-state index in [9.17, 15) is 9.59 Å². The summed E-state index contributed by atoms with van der Waals surface area (Å²) >= 11 is 1.77. The van der Waals surface area contributed by atoms with Crippen molar-refractivity contribution < 1.29 is 9.59 Å². The summed E-state index contributed by atoms with van der Waals surface area (Å²) in [4.78, 5) is 35.5. The lowest BCUT2D eigenvalue weighted by atomic mass is 9.95. The summed E-state index contributed by atoms with van der Waals surface area (Å²) in [5.74, 6) is 0.801. The average Bonchev–Trinajstić information content (AvgIpc) is 3.64. The molecule has 2 unspecified atom stereocenters. The Morgan fingerprint density at radius 3 is 1.70 bits per heavy atom. The van der Waals surface area contributed by atoms with Crippen molar-refractivity contribution >= 4 is 45.7 Å². The van der Waals surface area contributed by atoms with E-state index < -0.39 is 0 Å². The molecule has 2 aliphatic rings. The molecular weight excluding hydrogens is 548 g/mol. The molecule has 1 aromatic heterocycles. The van der Waals surface area contributed by atoms with Crippen molar-refractivity contribution in [3.63, 3.8) is 0 Å². The number of amides is 2. The number of carbonyl (C=O) groups is 2. The summed E-state index contributed by atoms with van der Waals surface area (Å²) in [7, 11) is 0. The van der Waals surface area contributed by atoms with Crippen LogP contribution >= 0.6 is 11.3 Å². The zero-order valence-electron chi connectivity index (χ0n) is 27.0. The van der Waals surface area contributed by atoms with Gasteiger partial charge in [-0.1, -0.05) is 90.5 Å². The normalized spacial score (nSPS) is 17.5. The smallest absolute Gasteiger partial charge is 0.259 e. The van der Waals surface area contributed by atoms with Crippen LogP contribution in [0.2, 0.25) is 0 Å². The van der Waals surface area contributed by atoms with Crippen molar-refractivity contribution in [3.8, 4) is 10.4 Å². The zero-order valence-corrected chi connectivity index (χ0v) is 27.8. The van der Waals surface area contributed by atoms with Gasteiger partial charge in [-0.15, -0.1) is 11.3 Å². The second kappa shape index (κ2) is 13.6. The van der Waals surface area contributed by atoms with Crippen molar-refractivity contribution in [2.45, 2.75) is 92.9 Å². The Morgan fingerprint density at radius 2 is 1.21 bits per heavy atom. The Hall–Kier alpha value is -3.18. The molecule has 0 bridgehead atoms. The van der Waals surface area contributed by atoms with E-state index in [0.29, 0.717) is 36.1 Å². The van der Waals surface area contributed by atoms with Crippen LogP contribution in [-0.4, -0.2) is 24.9 Å². The lowest BCUT2D eigenvalue weighted by Crippen LogP contribution is -2.34. The number of rotatable bonds is 13. The Morgan fingerprint density at radius 1 is 0.674 bits per heavy atom. The molecule has 2 amide bonds. The summed E-state index contributed by atoms with van der Waals surface area (Å²) in [5.41, 5.74) is 7.09. The topological polar surface area (TPSA) is 40.6 Å². The fourth-order valence-corrected chi connectivity index (χ4v) is 7.57. The van der Waals surface area contributed by atoms with Crippen molar-refractivity contribution in [2.24, 2.45) is 11.8 Å². The van der Waals surface area contributed by atoms with Gasteiger partial charge in [0.05, 0.1) is 22.5 Å². The van der Waals surface area contributed by atoms with Crippen LogP contribution in [0.25, 0.3) is 21.6 Å². The van der Waals surface area contributed by atoms with E-state index in [1.807, 2.05) is 9.80 Å². The van der Waals surface area contributed by atoms with Gasteiger partial charge in [-0.3, -0.25) is 9.59 Å². The Bertz CT molecular complexity index is 1520. The first-order chi connectivity index (χ1) is 20.8. The summed E-state index contributed by atoms with van der Waals surface area (Å²) in [6.07, 6.45) is 8.91. The fraction of sp³-hybridized carbons (Fsp3) is 0.474. The number of unbranched alkanes of at least 4 members (excludes halogenated alkanes) is 2. The van der Waals surface area contributed by atoms with Gasteiger partial charge in [-0.05, 0) is 73.9 Å². The summed E-state index contributed by atoms with van der Waals surface area (Å²) < 4.78 is 0. The van der Waals surface area contributed by atoms with Crippen molar-refractivity contribution in [1.82, 2.24) is 0 Å². The lowest BCUT2D eigenvalue weighted by molar-refractivity contribution is -0.114. The molecule has 5 rings (SSSR count). The standard InChI is InChI=1S/C38H48N2O2S/c1-7-11-13-27(9-3)23-39-32-21-25(5)15-18-30(32)35(37(39)41)36-31-19-17-29(34-20-16-26(6)43-34)22-33(31)40(38(36)42)24-28(10-4)14-12-8-2/h15-22,27-28H,7-14,23-24H2,1-6H3/b36-35+. The minimum Gasteiger partial charge on any atom is -0.307 e. The number of hydrogen-bond donors (Lipinski definition) is 0. The zero-order chi connectivity index (χ0) is 30.7. The number of anilines is 2. The monoisotopic (exact) mass is 596 g/mol. The highest BCUT2D eigenvalue weighted by Gasteiger charge is 2.43. The van der Waals surface area contributed by atoms with E-state index in [1.165, 1.54) is 16.2 Å². The molecule has 0 aliphatic carbocycles. The number of nitrogens with zero attached hydrogens (tertiary/aromatic N) is 2. The molecule has 3 heterocycles. The molecule has 43 heavy (non-hydrogen) atoms. The van der Waals surface area contributed by atoms with Gasteiger partial charge in [-0.25, -0.2) is 0 Å². The predicted molar refractivity (Wildman–Crippen MR) is 184 cm³/mol. The van der Waals surface area contributed by atoms with E-state index in [1.54, 1.807) is 11.3 Å². The molecule has 2 aliphatic heterocycles. The van der Waals surface area contributed by atoms with E-state index in [4.69, 9.17) is 0 Å². The molecule has 0 saturated carbocycles. The molecule has 2 atom stereocenters. The maximum absolute atomic E-state index is 14.6. The van der Waals surface area contributed by atoms with Gasteiger partial charge in [-0.2, -0.15) is 0 Å².